The van der Waals surface area contributed by atoms with E-state index in [4.69, 9.17) is 4.84 Å². The third-order valence-corrected chi connectivity index (χ3v) is 3.37. The van der Waals surface area contributed by atoms with E-state index in [9.17, 15) is 18.0 Å². The predicted octanol–water partition coefficient (Wildman–Crippen LogP) is 4.58. The summed E-state index contributed by atoms with van der Waals surface area (Å²) >= 11 is 0. The Labute approximate surface area is 137 Å². The van der Waals surface area contributed by atoms with Crippen molar-refractivity contribution in [3.05, 3.63) is 71.3 Å². The minimum absolute atomic E-state index is 0.104. The zero-order chi connectivity index (χ0) is 17.6. The number of carbonyl (C=O) groups is 1. The van der Waals surface area contributed by atoms with E-state index >= 15 is 0 Å². The maximum absolute atomic E-state index is 12.6. The van der Waals surface area contributed by atoms with Gasteiger partial charge in [0, 0.05) is 0 Å². The van der Waals surface area contributed by atoms with Gasteiger partial charge in [-0.3, -0.25) is 4.79 Å². The van der Waals surface area contributed by atoms with Crippen LogP contribution in [0, 0.1) is 0 Å². The largest absolute Gasteiger partial charge is 0.416 e. The molecule has 24 heavy (non-hydrogen) atoms. The van der Waals surface area contributed by atoms with Gasteiger partial charge in [-0.1, -0.05) is 47.6 Å². The van der Waals surface area contributed by atoms with Crippen molar-refractivity contribution < 1.29 is 22.8 Å². The zero-order valence-electron chi connectivity index (χ0n) is 13.0. The number of alkyl halides is 3. The summed E-state index contributed by atoms with van der Waals surface area (Å²) in [5.41, 5.74) is 0.385. The van der Waals surface area contributed by atoms with Gasteiger partial charge in [0.2, 0.25) is 0 Å². The molecule has 126 valence electrons. The Morgan fingerprint density at radius 2 is 1.88 bits per heavy atom. The SMILES string of the molecule is CC(=O)C(C=NOCc1cccc(C(F)(F)F)c1)c1ccccc1. The highest BCUT2D eigenvalue weighted by Crippen LogP contribution is 2.29. The van der Waals surface area contributed by atoms with Crippen molar-refractivity contribution in [1.29, 1.82) is 0 Å². The van der Waals surface area contributed by atoms with Crippen LogP contribution in [-0.4, -0.2) is 12.0 Å². The molecule has 1 unspecified atom stereocenters. The van der Waals surface area contributed by atoms with Crippen LogP contribution in [0.2, 0.25) is 0 Å². The monoisotopic (exact) mass is 335 g/mol. The van der Waals surface area contributed by atoms with E-state index in [1.54, 1.807) is 12.1 Å². The predicted molar refractivity (Wildman–Crippen MR) is 84.6 cm³/mol. The van der Waals surface area contributed by atoms with Gasteiger partial charge in [-0.05, 0) is 30.2 Å². The van der Waals surface area contributed by atoms with Gasteiger partial charge in [0.15, 0.2) is 0 Å². The van der Waals surface area contributed by atoms with Crippen molar-refractivity contribution in [3.8, 4) is 0 Å². The second-order valence-corrected chi connectivity index (χ2v) is 5.23. The van der Waals surface area contributed by atoms with Crippen molar-refractivity contribution >= 4 is 12.0 Å². The van der Waals surface area contributed by atoms with Crippen LogP contribution in [0.3, 0.4) is 0 Å². The molecule has 3 nitrogen and oxygen atoms in total. The number of oxime groups is 1. The van der Waals surface area contributed by atoms with Crippen LogP contribution in [0.15, 0.2) is 59.8 Å². The van der Waals surface area contributed by atoms with E-state index in [-0.39, 0.29) is 12.4 Å². The van der Waals surface area contributed by atoms with Crippen LogP contribution in [0.5, 0.6) is 0 Å². The number of halogens is 3. The van der Waals surface area contributed by atoms with E-state index in [0.29, 0.717) is 5.56 Å². The number of benzene rings is 2. The van der Waals surface area contributed by atoms with Gasteiger partial charge in [0.05, 0.1) is 17.7 Å². The fourth-order valence-electron chi connectivity index (χ4n) is 2.14. The Bertz CT molecular complexity index is 712. The second kappa shape index (κ2) is 7.77. The zero-order valence-corrected chi connectivity index (χ0v) is 13.0. The molecule has 0 aliphatic heterocycles. The van der Waals surface area contributed by atoms with Gasteiger partial charge >= 0.3 is 6.18 Å². The lowest BCUT2D eigenvalue weighted by atomic mass is 9.97. The Balaban J connectivity index is 2.00. The number of hydrogen-bond acceptors (Lipinski definition) is 3. The van der Waals surface area contributed by atoms with Gasteiger partial charge in [-0.25, -0.2) is 0 Å². The normalized spacial score (nSPS) is 13.0. The number of hydrogen-bond donors (Lipinski definition) is 0. The first kappa shape index (κ1) is 17.7. The quantitative estimate of drug-likeness (QED) is 0.572. The molecule has 6 heteroatoms. The first-order valence-corrected chi connectivity index (χ1v) is 7.25. The molecule has 0 heterocycles. The van der Waals surface area contributed by atoms with Gasteiger partial charge < -0.3 is 4.84 Å². The van der Waals surface area contributed by atoms with E-state index in [0.717, 1.165) is 17.7 Å². The highest BCUT2D eigenvalue weighted by molar-refractivity contribution is 5.98. The molecule has 0 bridgehead atoms. The first-order chi connectivity index (χ1) is 11.4. The highest BCUT2D eigenvalue weighted by atomic mass is 19.4. The summed E-state index contributed by atoms with van der Waals surface area (Å²) in [6.45, 7) is 1.33. The Kier molecular flexibility index (Phi) is 5.73. The fraction of sp³-hybridized carbons (Fsp3) is 0.222. The molecule has 0 aromatic heterocycles. The van der Waals surface area contributed by atoms with Crippen LogP contribution in [0.25, 0.3) is 0 Å². The van der Waals surface area contributed by atoms with Gasteiger partial charge in [0.1, 0.15) is 12.4 Å². The molecule has 0 radical (unpaired) electrons. The van der Waals surface area contributed by atoms with Crippen molar-refractivity contribution in [3.63, 3.8) is 0 Å². The average molecular weight is 335 g/mol. The molecule has 0 amide bonds. The Morgan fingerprint density at radius 1 is 1.17 bits per heavy atom. The summed E-state index contributed by atoms with van der Waals surface area (Å²) in [5, 5.41) is 3.73. The average Bonchev–Trinajstić information content (AvgIpc) is 2.55. The molecule has 2 aromatic rings. The molecular formula is C18H16F3NO2. The molecule has 0 aliphatic rings. The molecule has 2 rings (SSSR count). The third kappa shape index (κ3) is 4.94. The Morgan fingerprint density at radius 3 is 2.50 bits per heavy atom. The number of ketones is 1. The molecule has 0 aliphatic carbocycles. The fourth-order valence-corrected chi connectivity index (χ4v) is 2.14. The maximum Gasteiger partial charge on any atom is 0.416 e. The van der Waals surface area contributed by atoms with Gasteiger partial charge in [-0.2, -0.15) is 13.2 Å². The van der Waals surface area contributed by atoms with Crippen LogP contribution in [0.1, 0.15) is 29.5 Å². The van der Waals surface area contributed by atoms with E-state index in [1.807, 2.05) is 18.2 Å². The summed E-state index contributed by atoms with van der Waals surface area (Å²) in [4.78, 5) is 16.7. The number of nitrogens with zero attached hydrogens (tertiary/aromatic N) is 1. The first-order valence-electron chi connectivity index (χ1n) is 7.25. The van der Waals surface area contributed by atoms with Crippen molar-refractivity contribution in [2.75, 3.05) is 0 Å². The molecule has 0 spiro atoms. The smallest absolute Gasteiger partial charge is 0.391 e. The van der Waals surface area contributed by atoms with E-state index < -0.39 is 17.7 Å². The summed E-state index contributed by atoms with van der Waals surface area (Å²) in [6.07, 6.45) is -3.04. The Hall–Kier alpha value is -2.63. The molecule has 0 saturated heterocycles. The lowest BCUT2D eigenvalue weighted by molar-refractivity contribution is -0.137. The number of rotatable bonds is 6. The second-order valence-electron chi connectivity index (χ2n) is 5.23. The topological polar surface area (TPSA) is 38.7 Å². The van der Waals surface area contributed by atoms with E-state index in [1.165, 1.54) is 25.3 Å². The van der Waals surface area contributed by atoms with Crippen LogP contribution >= 0.6 is 0 Å². The lowest BCUT2D eigenvalue weighted by Gasteiger charge is -2.09. The molecule has 0 N–H and O–H groups in total. The minimum Gasteiger partial charge on any atom is -0.391 e. The van der Waals surface area contributed by atoms with Crippen LogP contribution in [-0.2, 0) is 22.4 Å². The summed E-state index contributed by atoms with van der Waals surface area (Å²) in [5.74, 6) is -0.652. The summed E-state index contributed by atoms with van der Waals surface area (Å²) in [7, 11) is 0. The number of carbonyl (C=O) groups excluding carboxylic acids is 1. The maximum atomic E-state index is 12.6. The summed E-state index contributed by atoms with van der Waals surface area (Å²) in [6, 6.07) is 13.9. The number of Topliss-reactive ketones (excluding diaryl/α,β-unsaturated/α-hetero) is 1. The molecule has 1 atom stereocenters. The van der Waals surface area contributed by atoms with Gasteiger partial charge in [-0.15, -0.1) is 0 Å². The minimum atomic E-state index is -4.40. The molecule has 0 saturated carbocycles. The van der Waals surface area contributed by atoms with Gasteiger partial charge in [0.25, 0.3) is 0 Å². The van der Waals surface area contributed by atoms with E-state index in [2.05, 4.69) is 5.16 Å². The lowest BCUT2D eigenvalue weighted by Crippen LogP contribution is -2.10. The van der Waals surface area contributed by atoms with Crippen molar-refractivity contribution in [2.45, 2.75) is 25.6 Å². The highest BCUT2D eigenvalue weighted by Gasteiger charge is 2.30. The van der Waals surface area contributed by atoms with Crippen LogP contribution in [0.4, 0.5) is 13.2 Å². The standard InChI is InChI=1S/C18H16F3NO2/c1-13(23)17(15-7-3-2-4-8-15)11-22-24-12-14-6-5-9-16(10-14)18(19,20)21/h2-11,17H,12H2,1H3. The van der Waals surface area contributed by atoms with Crippen molar-refractivity contribution in [2.24, 2.45) is 5.16 Å². The summed E-state index contributed by atoms with van der Waals surface area (Å²) < 4.78 is 37.9. The molecular weight excluding hydrogens is 319 g/mol. The third-order valence-electron chi connectivity index (χ3n) is 3.37. The van der Waals surface area contributed by atoms with Crippen molar-refractivity contribution in [1.82, 2.24) is 0 Å². The molecule has 0 fully saturated rings. The van der Waals surface area contributed by atoms with Crippen LogP contribution < -0.4 is 0 Å². The molecule has 2 aromatic carbocycles.